The summed E-state index contributed by atoms with van der Waals surface area (Å²) >= 11 is 0. The predicted octanol–water partition coefficient (Wildman–Crippen LogP) is 5.94. The van der Waals surface area contributed by atoms with Crippen molar-refractivity contribution in [2.45, 2.75) is 71.5 Å². The van der Waals surface area contributed by atoms with Crippen LogP contribution in [0.15, 0.2) is 48.5 Å². The van der Waals surface area contributed by atoms with Crippen LogP contribution in [0.5, 0.6) is 0 Å². The van der Waals surface area contributed by atoms with Gasteiger partial charge in [-0.1, -0.05) is 68.0 Å². The second-order valence-corrected chi connectivity index (χ2v) is 8.02. The van der Waals surface area contributed by atoms with Crippen LogP contribution in [0.2, 0.25) is 0 Å². The first-order valence-electron chi connectivity index (χ1n) is 10.3. The van der Waals surface area contributed by atoms with E-state index in [2.05, 4.69) is 74.2 Å². The number of fused-ring (bicyclic) bond motifs is 2. The molecule has 26 heavy (non-hydrogen) atoms. The summed E-state index contributed by atoms with van der Waals surface area (Å²) in [5, 5.41) is 0. The molecular weight excluding hydrogens is 314 g/mol. The summed E-state index contributed by atoms with van der Waals surface area (Å²) in [6.07, 6.45) is 8.73. The van der Waals surface area contributed by atoms with Gasteiger partial charge in [0.15, 0.2) is 0 Å². The topological polar surface area (TPSA) is 3.24 Å². The zero-order valence-electron chi connectivity index (χ0n) is 16.5. The lowest BCUT2D eigenvalue weighted by Gasteiger charge is -2.35. The van der Waals surface area contributed by atoms with Crippen LogP contribution in [0.25, 0.3) is 5.57 Å². The highest BCUT2D eigenvalue weighted by Crippen LogP contribution is 2.41. The van der Waals surface area contributed by atoms with E-state index >= 15 is 0 Å². The fraction of sp³-hybridized carbons (Fsp3) is 0.440. The molecule has 0 aromatic heterocycles. The average molecular weight is 346 g/mol. The second-order valence-electron chi connectivity index (χ2n) is 8.02. The molecule has 4 rings (SSSR count). The summed E-state index contributed by atoms with van der Waals surface area (Å²) in [7, 11) is 0. The molecule has 0 saturated carbocycles. The summed E-state index contributed by atoms with van der Waals surface area (Å²) in [6.45, 7) is 7.94. The quantitative estimate of drug-likeness (QED) is 0.648. The Labute approximate surface area is 158 Å². The Morgan fingerprint density at radius 2 is 1.65 bits per heavy atom. The highest BCUT2D eigenvalue weighted by molar-refractivity contribution is 5.73. The molecule has 2 heterocycles. The van der Waals surface area contributed by atoms with Crippen molar-refractivity contribution < 1.29 is 0 Å². The molecule has 1 heteroatoms. The highest BCUT2D eigenvalue weighted by atomic mass is 15.2. The molecule has 2 atom stereocenters. The maximum absolute atomic E-state index is 2.74. The number of benzene rings is 2. The van der Waals surface area contributed by atoms with Crippen LogP contribution in [0, 0.1) is 6.92 Å². The van der Waals surface area contributed by atoms with Gasteiger partial charge < -0.3 is 0 Å². The molecule has 1 saturated heterocycles. The summed E-state index contributed by atoms with van der Waals surface area (Å²) in [5.74, 6) is 0. The lowest BCUT2D eigenvalue weighted by molar-refractivity contribution is 0.203. The van der Waals surface area contributed by atoms with Crippen LogP contribution < -0.4 is 0 Å². The normalized spacial score (nSPS) is 22.5. The van der Waals surface area contributed by atoms with Gasteiger partial charge in [0.25, 0.3) is 0 Å². The molecule has 0 amide bonds. The molecular formula is C25H31N. The summed E-state index contributed by atoms with van der Waals surface area (Å²) in [5.41, 5.74) is 9.15. The van der Waals surface area contributed by atoms with Crippen LogP contribution in [-0.2, 0) is 19.4 Å². The maximum Gasteiger partial charge on any atom is 0.0291 e. The van der Waals surface area contributed by atoms with Crippen molar-refractivity contribution in [1.29, 1.82) is 0 Å². The van der Waals surface area contributed by atoms with Gasteiger partial charge in [-0.25, -0.2) is 0 Å². The number of hydrogen-bond acceptors (Lipinski definition) is 1. The van der Waals surface area contributed by atoms with E-state index in [0.29, 0.717) is 12.1 Å². The zero-order valence-corrected chi connectivity index (χ0v) is 16.5. The summed E-state index contributed by atoms with van der Waals surface area (Å²) in [6, 6.07) is 17.1. The average Bonchev–Trinajstić information content (AvgIpc) is 2.89. The van der Waals surface area contributed by atoms with Gasteiger partial charge in [-0.3, -0.25) is 4.90 Å². The monoisotopic (exact) mass is 345 g/mol. The molecule has 1 nitrogen and oxygen atoms in total. The van der Waals surface area contributed by atoms with Crippen molar-refractivity contribution in [3.8, 4) is 0 Å². The van der Waals surface area contributed by atoms with E-state index in [1.165, 1.54) is 30.4 Å². The molecule has 2 aromatic carbocycles. The molecule has 0 aliphatic carbocycles. The number of aryl methyl sites for hydroxylation is 3. The van der Waals surface area contributed by atoms with Gasteiger partial charge in [0.2, 0.25) is 0 Å². The van der Waals surface area contributed by atoms with E-state index in [1.807, 2.05) is 0 Å². The minimum absolute atomic E-state index is 0.611. The third kappa shape index (κ3) is 3.25. The summed E-state index contributed by atoms with van der Waals surface area (Å²) in [4.78, 5) is 2.74. The van der Waals surface area contributed by atoms with Gasteiger partial charge >= 0.3 is 0 Å². The van der Waals surface area contributed by atoms with Gasteiger partial charge in [0.1, 0.15) is 0 Å². The molecule has 0 radical (unpaired) electrons. The Bertz CT molecular complexity index is 777. The molecule has 2 bridgehead atoms. The van der Waals surface area contributed by atoms with Gasteiger partial charge in [-0.05, 0) is 66.9 Å². The lowest BCUT2D eigenvalue weighted by atomic mass is 9.85. The third-order valence-electron chi connectivity index (χ3n) is 6.28. The zero-order chi connectivity index (χ0) is 18.1. The fourth-order valence-corrected chi connectivity index (χ4v) is 5.06. The predicted molar refractivity (Wildman–Crippen MR) is 111 cm³/mol. The van der Waals surface area contributed by atoms with Crippen molar-refractivity contribution in [2.75, 3.05) is 0 Å². The van der Waals surface area contributed by atoms with Crippen LogP contribution in [0.3, 0.4) is 0 Å². The largest absolute Gasteiger partial charge is 0.289 e. The van der Waals surface area contributed by atoms with E-state index in [9.17, 15) is 0 Å². The highest BCUT2D eigenvalue weighted by Gasteiger charge is 2.37. The summed E-state index contributed by atoms with van der Waals surface area (Å²) < 4.78 is 0. The molecule has 2 aromatic rings. The maximum atomic E-state index is 2.74. The van der Waals surface area contributed by atoms with Crippen molar-refractivity contribution in [3.63, 3.8) is 0 Å². The van der Waals surface area contributed by atoms with Crippen molar-refractivity contribution in [2.24, 2.45) is 0 Å². The first-order chi connectivity index (χ1) is 12.7. The lowest BCUT2D eigenvalue weighted by Crippen LogP contribution is -2.37. The standard InChI is InChI=1S/C25H31N/c1-4-20-13-18(3)14-21(5-2)25(20)22-15-23-11-12-24(16-22)26(23)17-19-9-7-6-8-10-19/h6-10,13-15,23-24H,4-5,11-12,16-17H2,1-3H3. The number of nitrogens with zero attached hydrogens (tertiary/aromatic N) is 1. The van der Waals surface area contributed by atoms with E-state index in [4.69, 9.17) is 0 Å². The van der Waals surface area contributed by atoms with Gasteiger partial charge in [-0.2, -0.15) is 0 Å². The molecule has 1 fully saturated rings. The molecule has 2 unspecified atom stereocenters. The van der Waals surface area contributed by atoms with Crippen molar-refractivity contribution in [3.05, 3.63) is 76.4 Å². The van der Waals surface area contributed by atoms with Crippen LogP contribution >= 0.6 is 0 Å². The number of hydrogen-bond donors (Lipinski definition) is 0. The smallest absolute Gasteiger partial charge is 0.0291 e. The third-order valence-corrected chi connectivity index (χ3v) is 6.28. The van der Waals surface area contributed by atoms with E-state index in [1.54, 1.807) is 22.3 Å². The van der Waals surface area contributed by atoms with Crippen LogP contribution in [0.4, 0.5) is 0 Å². The van der Waals surface area contributed by atoms with Crippen molar-refractivity contribution >= 4 is 5.57 Å². The van der Waals surface area contributed by atoms with Gasteiger partial charge in [0.05, 0.1) is 0 Å². The Balaban J connectivity index is 1.66. The van der Waals surface area contributed by atoms with Crippen LogP contribution in [-0.4, -0.2) is 17.0 Å². The molecule has 0 N–H and O–H groups in total. The van der Waals surface area contributed by atoms with E-state index in [0.717, 1.165) is 19.4 Å². The molecule has 136 valence electrons. The Morgan fingerprint density at radius 1 is 0.962 bits per heavy atom. The SMILES string of the molecule is CCc1cc(C)cc(CC)c1C1=CC2CCC(C1)N2Cc1ccccc1. The first-order valence-corrected chi connectivity index (χ1v) is 10.3. The Kier molecular flexibility index (Phi) is 5.00. The molecule has 0 spiro atoms. The minimum Gasteiger partial charge on any atom is -0.289 e. The van der Waals surface area contributed by atoms with Crippen molar-refractivity contribution in [1.82, 2.24) is 4.90 Å². The van der Waals surface area contributed by atoms with Gasteiger partial charge in [0, 0.05) is 18.6 Å². The second kappa shape index (κ2) is 7.40. The van der Waals surface area contributed by atoms with Crippen LogP contribution in [0.1, 0.15) is 60.9 Å². The van der Waals surface area contributed by atoms with E-state index in [-0.39, 0.29) is 0 Å². The van der Waals surface area contributed by atoms with Gasteiger partial charge in [-0.15, -0.1) is 0 Å². The van der Waals surface area contributed by atoms with E-state index < -0.39 is 0 Å². The first kappa shape index (κ1) is 17.5. The molecule has 2 aliphatic rings. The Morgan fingerprint density at radius 3 is 2.27 bits per heavy atom. The molecule has 2 aliphatic heterocycles. The minimum atomic E-state index is 0.611. The fourth-order valence-electron chi connectivity index (χ4n) is 5.06. The number of rotatable bonds is 5. The Hall–Kier alpha value is -1.86.